The monoisotopic (exact) mass is 437 g/mol. The van der Waals surface area contributed by atoms with Crippen molar-refractivity contribution in [2.45, 2.75) is 12.8 Å². The Bertz CT molecular complexity index is 856. The maximum absolute atomic E-state index is 12.8. The van der Waals surface area contributed by atoms with E-state index in [2.05, 4.69) is 31.8 Å². The minimum Gasteiger partial charge on any atom is -0.504 e. The number of amides is 2. The zero-order valence-electron chi connectivity index (χ0n) is 14.3. The first kappa shape index (κ1) is 20.4. The number of carbonyl (C=O) groups excluding carboxylic acids is 2. The van der Waals surface area contributed by atoms with Gasteiger partial charge in [0, 0.05) is 28.6 Å². The molecular formula is C18H17BrFN3O4. The first-order valence-electron chi connectivity index (χ1n) is 7.83. The molecule has 0 fully saturated rings. The Morgan fingerprint density at radius 2 is 1.89 bits per heavy atom. The Kier molecular flexibility index (Phi) is 7.30. The second-order valence-electron chi connectivity index (χ2n) is 5.39. The predicted molar refractivity (Wildman–Crippen MR) is 102 cm³/mol. The molecular weight excluding hydrogens is 421 g/mol. The molecule has 2 amide bonds. The molecule has 7 nitrogen and oxygen atoms in total. The van der Waals surface area contributed by atoms with Gasteiger partial charge >= 0.3 is 0 Å². The second-order valence-corrected chi connectivity index (χ2v) is 6.31. The van der Waals surface area contributed by atoms with Crippen LogP contribution in [0, 0.1) is 5.82 Å². The van der Waals surface area contributed by atoms with Gasteiger partial charge < -0.3 is 15.2 Å². The average Bonchev–Trinajstić information content (AvgIpc) is 2.64. The number of hydrogen-bond acceptors (Lipinski definition) is 5. The van der Waals surface area contributed by atoms with Crippen LogP contribution in [0.25, 0.3) is 0 Å². The average molecular weight is 438 g/mol. The van der Waals surface area contributed by atoms with Crippen molar-refractivity contribution in [2.24, 2.45) is 5.10 Å². The molecule has 2 aromatic rings. The number of halogens is 2. The number of nitrogens with zero attached hydrogens (tertiary/aromatic N) is 1. The van der Waals surface area contributed by atoms with E-state index in [9.17, 15) is 19.1 Å². The molecule has 9 heteroatoms. The van der Waals surface area contributed by atoms with Crippen LogP contribution in [0.3, 0.4) is 0 Å². The first-order chi connectivity index (χ1) is 12.9. The van der Waals surface area contributed by atoms with E-state index in [0.717, 1.165) is 0 Å². The van der Waals surface area contributed by atoms with Crippen LogP contribution < -0.4 is 15.5 Å². The first-order valence-corrected chi connectivity index (χ1v) is 8.62. The lowest BCUT2D eigenvalue weighted by atomic mass is 10.2. The van der Waals surface area contributed by atoms with Gasteiger partial charge in [-0.1, -0.05) is 15.9 Å². The number of hydrazone groups is 1. The molecule has 0 saturated heterocycles. The van der Waals surface area contributed by atoms with Gasteiger partial charge in [-0.05, 0) is 36.4 Å². The highest BCUT2D eigenvalue weighted by Crippen LogP contribution is 2.32. The third-order valence-corrected chi connectivity index (χ3v) is 3.85. The van der Waals surface area contributed by atoms with Gasteiger partial charge in [-0.2, -0.15) is 5.10 Å². The third kappa shape index (κ3) is 6.37. The Balaban J connectivity index is 1.82. The zero-order chi connectivity index (χ0) is 19.8. The number of nitrogens with one attached hydrogen (secondary N) is 2. The van der Waals surface area contributed by atoms with E-state index in [4.69, 9.17) is 4.74 Å². The van der Waals surface area contributed by atoms with Gasteiger partial charge in [-0.25, -0.2) is 9.82 Å². The van der Waals surface area contributed by atoms with Crippen molar-refractivity contribution in [1.82, 2.24) is 5.43 Å². The summed E-state index contributed by atoms with van der Waals surface area (Å²) >= 11 is 3.28. The lowest BCUT2D eigenvalue weighted by molar-refractivity contribution is -0.124. The summed E-state index contributed by atoms with van der Waals surface area (Å²) in [7, 11) is 1.42. The van der Waals surface area contributed by atoms with Crippen LogP contribution in [-0.2, 0) is 9.59 Å². The number of rotatable bonds is 7. The number of aromatic hydroxyl groups is 1. The molecule has 0 atom stereocenters. The molecule has 2 aromatic carbocycles. The molecule has 2 rings (SSSR count). The standard InChI is InChI=1S/C18H17BrFN3O4/c1-27-15-9-12(19)8-11(18(15)26)10-21-23-17(25)7-6-16(24)22-14-4-2-13(20)3-5-14/h2-5,8-10,26H,6-7H2,1H3,(H,22,24)(H,23,25)/b21-10+. The van der Waals surface area contributed by atoms with Gasteiger partial charge in [0.2, 0.25) is 11.8 Å². The Hall–Kier alpha value is -2.94. The molecule has 0 heterocycles. The molecule has 0 radical (unpaired) electrons. The van der Waals surface area contributed by atoms with Gasteiger partial charge in [0.15, 0.2) is 11.5 Å². The molecule has 0 aromatic heterocycles. The normalized spacial score (nSPS) is 10.6. The van der Waals surface area contributed by atoms with Crippen molar-refractivity contribution < 1.29 is 23.8 Å². The lowest BCUT2D eigenvalue weighted by Crippen LogP contribution is -2.20. The zero-order valence-corrected chi connectivity index (χ0v) is 15.9. The molecule has 142 valence electrons. The summed E-state index contributed by atoms with van der Waals surface area (Å²) in [6.45, 7) is 0. The van der Waals surface area contributed by atoms with Crippen LogP contribution in [0.5, 0.6) is 11.5 Å². The summed E-state index contributed by atoms with van der Waals surface area (Å²) in [6, 6.07) is 8.49. The number of ether oxygens (including phenoxy) is 1. The van der Waals surface area contributed by atoms with Crippen molar-refractivity contribution in [1.29, 1.82) is 0 Å². The van der Waals surface area contributed by atoms with E-state index in [1.54, 1.807) is 12.1 Å². The number of methoxy groups -OCH3 is 1. The summed E-state index contributed by atoms with van der Waals surface area (Å²) in [6.07, 6.45) is 1.12. The van der Waals surface area contributed by atoms with E-state index >= 15 is 0 Å². The largest absolute Gasteiger partial charge is 0.504 e. The molecule has 0 saturated carbocycles. The highest BCUT2D eigenvalue weighted by molar-refractivity contribution is 9.10. The fraction of sp³-hybridized carbons (Fsp3) is 0.167. The SMILES string of the molecule is COc1cc(Br)cc(/C=N/NC(=O)CCC(=O)Nc2ccc(F)cc2)c1O. The van der Waals surface area contributed by atoms with Gasteiger partial charge in [0.05, 0.1) is 13.3 Å². The van der Waals surface area contributed by atoms with Crippen molar-refractivity contribution in [2.75, 3.05) is 12.4 Å². The molecule has 0 unspecified atom stereocenters. The van der Waals surface area contributed by atoms with Crippen molar-refractivity contribution in [3.63, 3.8) is 0 Å². The molecule has 0 spiro atoms. The van der Waals surface area contributed by atoms with Crippen LogP contribution in [0.15, 0.2) is 46.0 Å². The molecule has 3 N–H and O–H groups in total. The number of phenols is 1. The summed E-state index contributed by atoms with van der Waals surface area (Å²) < 4.78 is 18.5. The van der Waals surface area contributed by atoms with E-state index in [-0.39, 0.29) is 30.2 Å². The Morgan fingerprint density at radius 3 is 2.56 bits per heavy atom. The highest BCUT2D eigenvalue weighted by Gasteiger charge is 2.09. The van der Waals surface area contributed by atoms with E-state index < -0.39 is 11.7 Å². The van der Waals surface area contributed by atoms with Crippen LogP contribution in [-0.4, -0.2) is 30.2 Å². The predicted octanol–water partition coefficient (Wildman–Crippen LogP) is 3.17. The topological polar surface area (TPSA) is 100 Å². The van der Waals surface area contributed by atoms with Crippen molar-refractivity contribution in [3.05, 3.63) is 52.3 Å². The number of phenolic OH excluding ortho intramolecular Hbond substituents is 1. The summed E-state index contributed by atoms with van der Waals surface area (Å²) in [4.78, 5) is 23.5. The number of anilines is 1. The van der Waals surface area contributed by atoms with Crippen LogP contribution >= 0.6 is 15.9 Å². The fourth-order valence-corrected chi connectivity index (χ4v) is 2.52. The van der Waals surface area contributed by atoms with Crippen LogP contribution in [0.2, 0.25) is 0 Å². The smallest absolute Gasteiger partial charge is 0.240 e. The minimum atomic E-state index is -0.470. The van der Waals surface area contributed by atoms with Crippen molar-refractivity contribution in [3.8, 4) is 11.5 Å². The van der Waals surface area contributed by atoms with Gasteiger partial charge in [0.1, 0.15) is 5.82 Å². The van der Waals surface area contributed by atoms with E-state index in [0.29, 0.717) is 15.7 Å². The fourth-order valence-electron chi connectivity index (χ4n) is 2.06. The van der Waals surface area contributed by atoms with Gasteiger partial charge in [-0.15, -0.1) is 0 Å². The lowest BCUT2D eigenvalue weighted by Gasteiger charge is -2.07. The second kappa shape index (κ2) is 9.67. The van der Waals surface area contributed by atoms with Gasteiger partial charge in [0.25, 0.3) is 0 Å². The van der Waals surface area contributed by atoms with Gasteiger partial charge in [-0.3, -0.25) is 9.59 Å². The third-order valence-electron chi connectivity index (χ3n) is 3.39. The Labute approximate surface area is 163 Å². The minimum absolute atomic E-state index is 0.0608. The van der Waals surface area contributed by atoms with Crippen molar-refractivity contribution >= 4 is 39.6 Å². The van der Waals surface area contributed by atoms with E-state index in [1.807, 2.05) is 0 Å². The summed E-state index contributed by atoms with van der Waals surface area (Å²) in [5.41, 5.74) is 3.06. The number of benzene rings is 2. The summed E-state index contributed by atoms with van der Waals surface area (Å²) in [5.74, 6) is -1.11. The molecule has 0 bridgehead atoms. The van der Waals surface area contributed by atoms with Crippen LogP contribution in [0.4, 0.5) is 10.1 Å². The quantitative estimate of drug-likeness (QED) is 0.457. The molecule has 0 aliphatic carbocycles. The molecule has 27 heavy (non-hydrogen) atoms. The van der Waals surface area contributed by atoms with E-state index in [1.165, 1.54) is 37.6 Å². The summed E-state index contributed by atoms with van der Waals surface area (Å²) in [5, 5.41) is 16.3. The maximum atomic E-state index is 12.8. The number of hydrogen-bond donors (Lipinski definition) is 3. The van der Waals surface area contributed by atoms with Crippen LogP contribution in [0.1, 0.15) is 18.4 Å². The highest BCUT2D eigenvalue weighted by atomic mass is 79.9. The molecule has 0 aliphatic heterocycles. The maximum Gasteiger partial charge on any atom is 0.240 e. The number of carbonyl (C=O) groups is 2. The Morgan fingerprint density at radius 1 is 1.22 bits per heavy atom. The molecule has 0 aliphatic rings.